The van der Waals surface area contributed by atoms with E-state index in [0.717, 1.165) is 12.8 Å². The highest BCUT2D eigenvalue weighted by molar-refractivity contribution is 7.90. The highest BCUT2D eigenvalue weighted by Gasteiger charge is 2.21. The van der Waals surface area contributed by atoms with Gasteiger partial charge in [0, 0.05) is 6.04 Å². The van der Waals surface area contributed by atoms with Crippen LogP contribution in [0.15, 0.2) is 0 Å². The van der Waals surface area contributed by atoms with E-state index in [1.165, 1.54) is 6.92 Å². The highest BCUT2D eigenvalue weighted by Crippen LogP contribution is 2.08. The molecule has 4 nitrogen and oxygen atoms in total. The fraction of sp³-hybridized carbons (Fsp3) is 0.900. The van der Waals surface area contributed by atoms with Crippen LogP contribution in [0.2, 0.25) is 0 Å². The maximum atomic E-state index is 11.5. The molecule has 0 saturated carbocycles. The van der Waals surface area contributed by atoms with Gasteiger partial charge in [0.15, 0.2) is 5.25 Å². The predicted octanol–water partition coefficient (Wildman–Crippen LogP) is 1.64. The normalized spacial score (nSPS) is 16.0. The fourth-order valence-corrected chi connectivity index (χ4v) is 2.12. The predicted molar refractivity (Wildman–Crippen MR) is 60.7 cm³/mol. The second-order valence-corrected chi connectivity index (χ2v) is 6.34. The second kappa shape index (κ2) is 6.09. The lowest BCUT2D eigenvalue weighted by molar-refractivity contribution is 0.484. The molecule has 0 aliphatic heterocycles. The lowest BCUT2D eigenvalue weighted by Gasteiger charge is -2.16. The molecule has 0 heterocycles. The van der Waals surface area contributed by atoms with Crippen molar-refractivity contribution in [3.63, 3.8) is 0 Å². The molecule has 2 unspecified atom stereocenters. The Hall–Kier alpha value is -0.600. The van der Waals surface area contributed by atoms with Crippen LogP contribution >= 0.6 is 0 Å². The van der Waals surface area contributed by atoms with Gasteiger partial charge in [0.1, 0.15) is 0 Å². The van der Waals surface area contributed by atoms with E-state index in [0.29, 0.717) is 5.92 Å². The Bertz CT molecular complexity index is 317. The van der Waals surface area contributed by atoms with Gasteiger partial charge in [0.2, 0.25) is 10.0 Å². The van der Waals surface area contributed by atoms with Gasteiger partial charge in [0.05, 0.1) is 6.07 Å². The van der Waals surface area contributed by atoms with E-state index in [1.807, 2.05) is 6.92 Å². The molecular weight excluding hydrogens is 212 g/mol. The number of rotatable bonds is 6. The minimum Gasteiger partial charge on any atom is -0.211 e. The van der Waals surface area contributed by atoms with Crippen molar-refractivity contribution in [3.8, 4) is 6.07 Å². The Morgan fingerprint density at radius 1 is 1.20 bits per heavy atom. The van der Waals surface area contributed by atoms with Crippen LogP contribution in [0.1, 0.15) is 40.5 Å². The number of hydrogen-bond donors (Lipinski definition) is 1. The molecule has 0 aliphatic rings. The summed E-state index contributed by atoms with van der Waals surface area (Å²) in [5.41, 5.74) is 0. The quantitative estimate of drug-likeness (QED) is 0.757. The summed E-state index contributed by atoms with van der Waals surface area (Å²) in [6, 6.07) is 1.62. The van der Waals surface area contributed by atoms with Crippen molar-refractivity contribution in [1.29, 1.82) is 5.26 Å². The molecule has 0 aromatic heterocycles. The summed E-state index contributed by atoms with van der Waals surface area (Å²) in [6.45, 7) is 7.40. The van der Waals surface area contributed by atoms with Crippen molar-refractivity contribution in [2.45, 2.75) is 51.8 Å². The third-order valence-electron chi connectivity index (χ3n) is 2.19. The SMILES string of the molecule is CC(C)CCC(C)NS(=O)(=O)C(C)C#N. The Kier molecular flexibility index (Phi) is 5.84. The zero-order valence-electron chi connectivity index (χ0n) is 9.82. The molecule has 0 spiro atoms. The van der Waals surface area contributed by atoms with Gasteiger partial charge in [-0.1, -0.05) is 13.8 Å². The van der Waals surface area contributed by atoms with E-state index in [1.54, 1.807) is 6.07 Å². The third kappa shape index (κ3) is 5.75. The molecule has 1 N–H and O–H groups in total. The standard InChI is InChI=1S/C10H20N2O2S/c1-8(2)5-6-9(3)12-15(13,14)10(4)7-11/h8-10,12H,5-6H2,1-4H3. The van der Waals surface area contributed by atoms with Gasteiger partial charge in [-0.3, -0.25) is 0 Å². The third-order valence-corrected chi connectivity index (χ3v) is 3.96. The molecule has 0 rings (SSSR count). The number of nitriles is 1. The molecular formula is C10H20N2O2S. The Balaban J connectivity index is 4.18. The van der Waals surface area contributed by atoms with Crippen LogP contribution in [0.25, 0.3) is 0 Å². The smallest absolute Gasteiger partial charge is 0.211 e. The first-order valence-electron chi connectivity index (χ1n) is 5.20. The van der Waals surface area contributed by atoms with E-state index in [-0.39, 0.29) is 6.04 Å². The number of sulfonamides is 1. The van der Waals surface area contributed by atoms with Crippen LogP contribution < -0.4 is 4.72 Å². The lowest BCUT2D eigenvalue weighted by Crippen LogP contribution is -2.38. The van der Waals surface area contributed by atoms with Crippen LogP contribution in [-0.4, -0.2) is 19.7 Å². The lowest BCUT2D eigenvalue weighted by atomic mass is 10.1. The molecule has 5 heteroatoms. The van der Waals surface area contributed by atoms with Gasteiger partial charge >= 0.3 is 0 Å². The molecule has 2 atom stereocenters. The minimum atomic E-state index is -3.47. The van der Waals surface area contributed by atoms with Crippen molar-refractivity contribution in [2.75, 3.05) is 0 Å². The van der Waals surface area contributed by atoms with Gasteiger partial charge in [-0.2, -0.15) is 5.26 Å². The summed E-state index contributed by atoms with van der Waals surface area (Å²) in [6.07, 6.45) is 1.78. The second-order valence-electron chi connectivity index (χ2n) is 4.31. The van der Waals surface area contributed by atoms with Crippen molar-refractivity contribution >= 4 is 10.0 Å². The molecule has 0 bridgehead atoms. The van der Waals surface area contributed by atoms with Crippen LogP contribution in [0.3, 0.4) is 0 Å². The first-order valence-corrected chi connectivity index (χ1v) is 6.75. The van der Waals surface area contributed by atoms with Crippen LogP contribution in [-0.2, 0) is 10.0 Å². The van der Waals surface area contributed by atoms with Crippen LogP contribution in [0.5, 0.6) is 0 Å². The van der Waals surface area contributed by atoms with Gasteiger partial charge in [-0.05, 0) is 32.6 Å². The van der Waals surface area contributed by atoms with Crippen molar-refractivity contribution in [1.82, 2.24) is 4.72 Å². The molecule has 0 saturated heterocycles. The Morgan fingerprint density at radius 3 is 2.13 bits per heavy atom. The summed E-state index contributed by atoms with van der Waals surface area (Å²) < 4.78 is 25.5. The average Bonchev–Trinajstić information content (AvgIpc) is 2.12. The molecule has 0 fully saturated rings. The van der Waals surface area contributed by atoms with Crippen molar-refractivity contribution in [2.24, 2.45) is 5.92 Å². The van der Waals surface area contributed by atoms with Gasteiger partial charge < -0.3 is 0 Å². The molecule has 0 aliphatic carbocycles. The first-order chi connectivity index (χ1) is 6.79. The van der Waals surface area contributed by atoms with Crippen LogP contribution in [0.4, 0.5) is 0 Å². The summed E-state index contributed by atoms with van der Waals surface area (Å²) >= 11 is 0. The number of nitrogens with one attached hydrogen (secondary N) is 1. The molecule has 88 valence electrons. The molecule has 0 aromatic carbocycles. The topological polar surface area (TPSA) is 70.0 Å². The van der Waals surface area contributed by atoms with Crippen molar-refractivity contribution in [3.05, 3.63) is 0 Å². The van der Waals surface area contributed by atoms with Crippen LogP contribution in [0, 0.1) is 17.2 Å². The maximum Gasteiger partial charge on any atom is 0.227 e. The maximum absolute atomic E-state index is 11.5. The molecule has 15 heavy (non-hydrogen) atoms. The zero-order valence-corrected chi connectivity index (χ0v) is 10.6. The number of nitrogens with zero attached hydrogens (tertiary/aromatic N) is 1. The Morgan fingerprint density at radius 2 is 1.73 bits per heavy atom. The summed E-state index contributed by atoms with van der Waals surface area (Å²) in [5.74, 6) is 0.561. The van der Waals surface area contributed by atoms with E-state index >= 15 is 0 Å². The zero-order chi connectivity index (χ0) is 12.1. The van der Waals surface area contributed by atoms with E-state index in [4.69, 9.17) is 5.26 Å². The van der Waals surface area contributed by atoms with Gasteiger partial charge in [-0.15, -0.1) is 0 Å². The molecule has 0 aromatic rings. The largest absolute Gasteiger partial charge is 0.227 e. The summed E-state index contributed by atoms with van der Waals surface area (Å²) in [4.78, 5) is 0. The molecule has 0 radical (unpaired) electrons. The number of hydrogen-bond acceptors (Lipinski definition) is 3. The summed E-state index contributed by atoms with van der Waals surface area (Å²) in [5, 5.41) is 7.55. The first kappa shape index (κ1) is 14.4. The van der Waals surface area contributed by atoms with E-state index < -0.39 is 15.3 Å². The van der Waals surface area contributed by atoms with Crippen molar-refractivity contribution < 1.29 is 8.42 Å². The van der Waals surface area contributed by atoms with E-state index in [9.17, 15) is 8.42 Å². The Labute approximate surface area is 92.7 Å². The fourth-order valence-electron chi connectivity index (χ4n) is 1.09. The molecule has 0 amide bonds. The minimum absolute atomic E-state index is 0.104. The monoisotopic (exact) mass is 232 g/mol. The highest BCUT2D eigenvalue weighted by atomic mass is 32.2. The summed E-state index contributed by atoms with van der Waals surface area (Å²) in [7, 11) is -3.47. The van der Waals surface area contributed by atoms with Gasteiger partial charge in [-0.25, -0.2) is 13.1 Å². The van der Waals surface area contributed by atoms with E-state index in [2.05, 4.69) is 18.6 Å². The average molecular weight is 232 g/mol. The van der Waals surface area contributed by atoms with Gasteiger partial charge in [0.25, 0.3) is 0 Å².